The van der Waals surface area contributed by atoms with Crippen molar-refractivity contribution in [2.45, 2.75) is 56.9 Å². The van der Waals surface area contributed by atoms with Gasteiger partial charge in [0.25, 0.3) is 11.8 Å². The number of nitrogens with zero attached hydrogens (tertiary/aromatic N) is 2. The van der Waals surface area contributed by atoms with Crippen LogP contribution in [0.4, 0.5) is 0 Å². The fraction of sp³-hybridized carbons (Fsp3) is 0.522. The number of amides is 2. The molecule has 2 heterocycles. The Morgan fingerprint density at radius 3 is 2.77 bits per heavy atom. The van der Waals surface area contributed by atoms with Crippen LogP contribution in [0.2, 0.25) is 0 Å². The molecule has 7 heteroatoms. The standard InChI is InChI=1S/C23H29N3O4/c1-29-19-11-5-7-16(13-19)23(28)26-12-6-8-17(15-26)20-14-21(30-25-20)22(27)24-18-9-3-2-4-10-18/h5,7,11,13-14,17-18H,2-4,6,8-10,12,15H2,1H3,(H,24,27)/t17-/m0/s1. The van der Waals surface area contributed by atoms with Crippen molar-refractivity contribution < 1.29 is 18.8 Å². The Morgan fingerprint density at radius 1 is 1.13 bits per heavy atom. The molecule has 4 rings (SSSR count). The average Bonchev–Trinajstić information content (AvgIpc) is 3.30. The highest BCUT2D eigenvalue weighted by Gasteiger charge is 2.29. The van der Waals surface area contributed by atoms with Crippen LogP contribution in [0.1, 0.15) is 77.5 Å². The first kappa shape index (κ1) is 20.4. The van der Waals surface area contributed by atoms with Crippen molar-refractivity contribution in [1.29, 1.82) is 0 Å². The minimum atomic E-state index is -0.194. The Morgan fingerprint density at radius 2 is 1.97 bits per heavy atom. The lowest BCUT2D eigenvalue weighted by molar-refractivity contribution is 0.0704. The number of carbonyl (C=O) groups is 2. The Bertz CT molecular complexity index is 888. The molecule has 1 atom stereocenters. The van der Waals surface area contributed by atoms with E-state index in [0.717, 1.165) is 44.2 Å². The monoisotopic (exact) mass is 411 g/mol. The molecule has 2 fully saturated rings. The third-order valence-electron chi connectivity index (χ3n) is 6.14. The van der Waals surface area contributed by atoms with Crippen LogP contribution in [0.5, 0.6) is 5.75 Å². The number of piperidine rings is 1. The molecule has 1 aromatic carbocycles. The maximum Gasteiger partial charge on any atom is 0.290 e. The number of methoxy groups -OCH3 is 1. The number of ether oxygens (including phenoxy) is 1. The summed E-state index contributed by atoms with van der Waals surface area (Å²) in [5, 5.41) is 7.22. The van der Waals surface area contributed by atoms with Gasteiger partial charge in [0, 0.05) is 36.7 Å². The average molecular weight is 412 g/mol. The normalized spacial score (nSPS) is 20.0. The summed E-state index contributed by atoms with van der Waals surface area (Å²) < 4.78 is 10.6. The summed E-state index contributed by atoms with van der Waals surface area (Å²) in [5.41, 5.74) is 1.36. The zero-order chi connectivity index (χ0) is 20.9. The Balaban J connectivity index is 1.39. The summed E-state index contributed by atoms with van der Waals surface area (Å²) in [6.45, 7) is 1.27. The maximum atomic E-state index is 12.9. The molecule has 1 N–H and O–H groups in total. The van der Waals surface area contributed by atoms with Crippen LogP contribution in [0.25, 0.3) is 0 Å². The zero-order valence-corrected chi connectivity index (χ0v) is 17.4. The molecule has 7 nitrogen and oxygen atoms in total. The molecule has 0 radical (unpaired) electrons. The van der Waals surface area contributed by atoms with Crippen LogP contribution in [-0.2, 0) is 0 Å². The second-order valence-corrected chi connectivity index (χ2v) is 8.25. The SMILES string of the molecule is COc1cccc(C(=O)N2CCC[C@H](c3cc(C(=O)NC4CCCCC4)on3)C2)c1. The van der Waals surface area contributed by atoms with E-state index in [9.17, 15) is 9.59 Å². The first-order chi connectivity index (χ1) is 14.6. The van der Waals surface area contributed by atoms with Crippen molar-refractivity contribution in [3.05, 3.63) is 47.3 Å². The summed E-state index contributed by atoms with van der Waals surface area (Å²) >= 11 is 0. The molecule has 1 aromatic heterocycles. The van der Waals surface area contributed by atoms with Gasteiger partial charge in [-0.25, -0.2) is 0 Å². The lowest BCUT2D eigenvalue weighted by atomic mass is 9.94. The van der Waals surface area contributed by atoms with Crippen molar-refractivity contribution in [3.63, 3.8) is 0 Å². The molecular formula is C23H29N3O4. The molecule has 160 valence electrons. The Hall–Kier alpha value is -2.83. The number of aromatic nitrogens is 1. The summed E-state index contributed by atoms with van der Waals surface area (Å²) in [6, 6.07) is 9.18. The van der Waals surface area contributed by atoms with E-state index in [4.69, 9.17) is 9.26 Å². The lowest BCUT2D eigenvalue weighted by Gasteiger charge is -2.31. The van der Waals surface area contributed by atoms with E-state index in [1.165, 1.54) is 6.42 Å². The van der Waals surface area contributed by atoms with Gasteiger partial charge >= 0.3 is 0 Å². The Kier molecular flexibility index (Phi) is 6.35. The number of hydrogen-bond donors (Lipinski definition) is 1. The van der Waals surface area contributed by atoms with Crippen LogP contribution in [0, 0.1) is 0 Å². The summed E-state index contributed by atoms with van der Waals surface area (Å²) in [5.74, 6) is 0.776. The minimum Gasteiger partial charge on any atom is -0.497 e. The highest BCUT2D eigenvalue weighted by Crippen LogP contribution is 2.28. The number of rotatable bonds is 5. The molecule has 2 aromatic rings. The van der Waals surface area contributed by atoms with Crippen molar-refractivity contribution in [3.8, 4) is 5.75 Å². The van der Waals surface area contributed by atoms with Crippen molar-refractivity contribution in [2.75, 3.05) is 20.2 Å². The summed E-state index contributed by atoms with van der Waals surface area (Å²) in [4.78, 5) is 27.3. The molecule has 30 heavy (non-hydrogen) atoms. The molecule has 0 unspecified atom stereocenters. The minimum absolute atomic E-state index is 0.0163. The third-order valence-corrected chi connectivity index (χ3v) is 6.14. The highest BCUT2D eigenvalue weighted by molar-refractivity contribution is 5.94. The van der Waals surface area contributed by atoms with E-state index in [1.54, 1.807) is 25.3 Å². The number of carbonyl (C=O) groups excluding carboxylic acids is 2. The van der Waals surface area contributed by atoms with E-state index in [2.05, 4.69) is 10.5 Å². The third kappa shape index (κ3) is 4.66. The van der Waals surface area contributed by atoms with Crippen molar-refractivity contribution in [1.82, 2.24) is 15.4 Å². The summed E-state index contributed by atoms with van der Waals surface area (Å²) in [6.07, 6.45) is 7.41. The molecule has 1 aliphatic heterocycles. The van der Waals surface area contributed by atoms with Gasteiger partial charge in [-0.3, -0.25) is 9.59 Å². The maximum absolute atomic E-state index is 12.9. The van der Waals surface area contributed by atoms with Gasteiger partial charge in [0.15, 0.2) is 0 Å². The van der Waals surface area contributed by atoms with Crippen LogP contribution in [-0.4, -0.2) is 48.1 Å². The molecule has 1 aliphatic carbocycles. The topological polar surface area (TPSA) is 84.7 Å². The number of nitrogens with one attached hydrogen (secondary N) is 1. The number of likely N-dealkylation sites (tertiary alicyclic amines) is 1. The molecule has 0 bridgehead atoms. The van der Waals surface area contributed by atoms with Crippen LogP contribution >= 0.6 is 0 Å². The predicted octanol–water partition coefficient (Wildman–Crippen LogP) is 3.77. The van der Waals surface area contributed by atoms with Crippen molar-refractivity contribution in [2.24, 2.45) is 0 Å². The molecule has 2 aliphatic rings. The van der Waals surface area contributed by atoms with Gasteiger partial charge < -0.3 is 19.5 Å². The largest absolute Gasteiger partial charge is 0.497 e. The van der Waals surface area contributed by atoms with Gasteiger partial charge in [0.2, 0.25) is 5.76 Å². The van der Waals surface area contributed by atoms with Crippen LogP contribution in [0.3, 0.4) is 0 Å². The first-order valence-corrected chi connectivity index (χ1v) is 10.8. The lowest BCUT2D eigenvalue weighted by Crippen LogP contribution is -2.39. The summed E-state index contributed by atoms with van der Waals surface area (Å²) in [7, 11) is 1.59. The van der Waals surface area contributed by atoms with E-state index in [1.807, 2.05) is 17.0 Å². The predicted molar refractivity (Wildman–Crippen MR) is 112 cm³/mol. The Labute approximate surface area is 176 Å². The number of hydrogen-bond acceptors (Lipinski definition) is 5. The number of benzene rings is 1. The molecule has 2 amide bonds. The molecular weight excluding hydrogens is 382 g/mol. The molecule has 1 saturated carbocycles. The molecule has 1 saturated heterocycles. The van der Waals surface area contributed by atoms with Gasteiger partial charge in [0.1, 0.15) is 5.75 Å². The van der Waals surface area contributed by atoms with Gasteiger partial charge in [-0.05, 0) is 43.9 Å². The first-order valence-electron chi connectivity index (χ1n) is 10.8. The van der Waals surface area contributed by atoms with Gasteiger partial charge in [0.05, 0.1) is 12.8 Å². The molecule has 0 spiro atoms. The smallest absolute Gasteiger partial charge is 0.290 e. The van der Waals surface area contributed by atoms with Crippen molar-refractivity contribution >= 4 is 11.8 Å². The van der Waals surface area contributed by atoms with E-state index < -0.39 is 0 Å². The fourth-order valence-corrected chi connectivity index (χ4v) is 4.43. The highest BCUT2D eigenvalue weighted by atomic mass is 16.5. The van der Waals surface area contributed by atoms with Crippen LogP contribution in [0.15, 0.2) is 34.9 Å². The second kappa shape index (κ2) is 9.32. The quantitative estimate of drug-likeness (QED) is 0.810. The van der Waals surface area contributed by atoms with E-state index in [-0.39, 0.29) is 29.5 Å². The van der Waals surface area contributed by atoms with E-state index >= 15 is 0 Å². The van der Waals surface area contributed by atoms with Crippen LogP contribution < -0.4 is 10.1 Å². The zero-order valence-electron chi connectivity index (χ0n) is 17.4. The van der Waals surface area contributed by atoms with Gasteiger partial charge in [-0.2, -0.15) is 0 Å². The second-order valence-electron chi connectivity index (χ2n) is 8.25. The van der Waals surface area contributed by atoms with E-state index in [0.29, 0.717) is 24.4 Å². The fourth-order valence-electron chi connectivity index (χ4n) is 4.43. The van der Waals surface area contributed by atoms with Gasteiger partial charge in [-0.15, -0.1) is 0 Å². The van der Waals surface area contributed by atoms with Gasteiger partial charge in [-0.1, -0.05) is 30.5 Å².